The number of carbonyl (C=O) groups excluding carboxylic acids is 1. The number of rotatable bonds is 4. The predicted molar refractivity (Wildman–Crippen MR) is 75.9 cm³/mol. The summed E-state index contributed by atoms with van der Waals surface area (Å²) < 4.78 is 0. The normalized spacial score (nSPS) is 11.6. The average Bonchev–Trinajstić information content (AvgIpc) is 2.25. The Kier molecular flexibility index (Phi) is 6.63. The van der Waals surface area contributed by atoms with E-state index in [1.54, 1.807) is 0 Å². The Balaban J connectivity index is 0.00000289. The topological polar surface area (TPSA) is 60.6 Å². The third-order valence-corrected chi connectivity index (χ3v) is 3.26. The first kappa shape index (κ1) is 16.6. The van der Waals surface area contributed by atoms with Gasteiger partial charge in [0.2, 0.25) is 5.91 Å². The van der Waals surface area contributed by atoms with E-state index in [1.807, 2.05) is 6.92 Å². The van der Waals surface area contributed by atoms with E-state index < -0.39 is 0 Å². The van der Waals surface area contributed by atoms with Gasteiger partial charge in [-0.1, -0.05) is 19.1 Å². The first-order chi connectivity index (χ1) is 7.93. The molecule has 0 aromatic heterocycles. The van der Waals surface area contributed by atoms with Gasteiger partial charge < -0.3 is 10.8 Å². The molecule has 3 heteroatoms. The van der Waals surface area contributed by atoms with E-state index in [4.69, 9.17) is 0 Å². The second-order valence-corrected chi connectivity index (χ2v) is 4.88. The van der Waals surface area contributed by atoms with Gasteiger partial charge in [0, 0.05) is 12.5 Å². The minimum Gasteiger partial charge on any atom is -0.412 e. The van der Waals surface area contributed by atoms with Crippen molar-refractivity contribution in [1.82, 2.24) is 5.32 Å². The van der Waals surface area contributed by atoms with E-state index in [0.29, 0.717) is 6.42 Å². The lowest BCUT2D eigenvalue weighted by atomic mass is 9.97. The van der Waals surface area contributed by atoms with Gasteiger partial charge in [0.05, 0.1) is 0 Å². The van der Waals surface area contributed by atoms with Crippen LogP contribution >= 0.6 is 0 Å². The lowest BCUT2D eigenvalue weighted by molar-refractivity contribution is -0.121. The summed E-state index contributed by atoms with van der Waals surface area (Å²) in [5.74, 6) is 0.123. The fraction of sp³-hybridized carbons (Fsp3) is 0.533. The second-order valence-electron chi connectivity index (χ2n) is 4.88. The number of hydrogen-bond acceptors (Lipinski definition) is 1. The Hall–Kier alpha value is -1.35. The maximum Gasteiger partial charge on any atom is 0.219 e. The molecule has 1 atom stereocenters. The van der Waals surface area contributed by atoms with Crippen molar-refractivity contribution in [2.75, 3.05) is 0 Å². The van der Waals surface area contributed by atoms with Gasteiger partial charge in [-0.15, -0.1) is 0 Å². The maximum atomic E-state index is 11.3. The van der Waals surface area contributed by atoms with Gasteiger partial charge in [-0.2, -0.15) is 0 Å². The summed E-state index contributed by atoms with van der Waals surface area (Å²) in [6.07, 6.45) is 1.45. The van der Waals surface area contributed by atoms with Crippen LogP contribution in [-0.2, 0) is 11.2 Å². The Morgan fingerprint density at radius 1 is 1.22 bits per heavy atom. The van der Waals surface area contributed by atoms with Crippen LogP contribution in [0.2, 0.25) is 0 Å². The van der Waals surface area contributed by atoms with Crippen LogP contribution in [-0.4, -0.2) is 17.4 Å². The predicted octanol–water partition coefficient (Wildman–Crippen LogP) is 2.24. The monoisotopic (exact) mass is 251 g/mol. The molecule has 0 fully saturated rings. The molecule has 3 nitrogen and oxygen atoms in total. The quantitative estimate of drug-likeness (QED) is 0.876. The van der Waals surface area contributed by atoms with Crippen LogP contribution in [0.4, 0.5) is 0 Å². The number of nitrogens with one attached hydrogen (secondary N) is 1. The summed E-state index contributed by atoms with van der Waals surface area (Å²) in [6, 6.07) is 4.64. The third-order valence-electron chi connectivity index (χ3n) is 3.26. The third kappa shape index (κ3) is 4.49. The zero-order chi connectivity index (χ0) is 13.0. The van der Waals surface area contributed by atoms with E-state index in [2.05, 4.69) is 45.1 Å². The molecule has 1 aromatic carbocycles. The average molecular weight is 251 g/mol. The summed E-state index contributed by atoms with van der Waals surface area (Å²) in [5.41, 5.74) is 5.32. The van der Waals surface area contributed by atoms with E-state index in [1.165, 1.54) is 22.3 Å². The molecule has 0 spiro atoms. The fourth-order valence-corrected chi connectivity index (χ4v) is 2.02. The Bertz CT molecular complexity index is 390. The molecular weight excluding hydrogens is 226 g/mol. The molecule has 0 saturated heterocycles. The number of amides is 1. The van der Waals surface area contributed by atoms with Crippen molar-refractivity contribution in [1.29, 1.82) is 0 Å². The minimum atomic E-state index is 0. The molecule has 0 aliphatic carbocycles. The highest BCUT2D eigenvalue weighted by molar-refractivity contribution is 5.75. The molecule has 0 aliphatic heterocycles. The van der Waals surface area contributed by atoms with E-state index in [9.17, 15) is 4.79 Å². The first-order valence-electron chi connectivity index (χ1n) is 6.30. The molecule has 0 saturated carbocycles. The van der Waals surface area contributed by atoms with Crippen molar-refractivity contribution in [3.63, 3.8) is 0 Å². The summed E-state index contributed by atoms with van der Waals surface area (Å²) >= 11 is 0. The molecule has 102 valence electrons. The molecule has 0 bridgehead atoms. The molecule has 3 N–H and O–H groups in total. The van der Waals surface area contributed by atoms with Crippen LogP contribution in [0.25, 0.3) is 0 Å². The van der Waals surface area contributed by atoms with Gasteiger partial charge in [0.15, 0.2) is 0 Å². The smallest absolute Gasteiger partial charge is 0.219 e. The molecule has 1 unspecified atom stereocenters. The van der Waals surface area contributed by atoms with Crippen molar-refractivity contribution in [2.45, 2.75) is 53.5 Å². The highest BCUT2D eigenvalue weighted by Gasteiger charge is 2.08. The Labute approximate surface area is 110 Å². The summed E-state index contributed by atoms with van der Waals surface area (Å²) in [6.45, 7) is 10.4. The van der Waals surface area contributed by atoms with E-state index in [0.717, 1.165) is 6.42 Å². The second kappa shape index (κ2) is 7.17. The molecular formula is C15H25NO2. The standard InChI is InChI=1S/C15H23NO.H2O/c1-6-15(17)16-12(4)9-14-7-10(2)13(5)11(3)8-14;/h7-8,12H,6,9H2,1-5H3,(H,16,17);1H2. The van der Waals surface area contributed by atoms with Gasteiger partial charge in [0.25, 0.3) is 0 Å². The highest BCUT2D eigenvalue weighted by Crippen LogP contribution is 2.16. The van der Waals surface area contributed by atoms with Crippen LogP contribution in [0.1, 0.15) is 42.5 Å². The molecule has 0 heterocycles. The molecule has 0 aliphatic rings. The number of benzene rings is 1. The van der Waals surface area contributed by atoms with Crippen molar-refractivity contribution in [3.05, 3.63) is 34.4 Å². The van der Waals surface area contributed by atoms with E-state index in [-0.39, 0.29) is 17.4 Å². The number of hydrogen-bond donors (Lipinski definition) is 1. The lowest BCUT2D eigenvalue weighted by Gasteiger charge is -2.15. The largest absolute Gasteiger partial charge is 0.412 e. The summed E-state index contributed by atoms with van der Waals surface area (Å²) in [5, 5.41) is 2.99. The van der Waals surface area contributed by atoms with Crippen molar-refractivity contribution < 1.29 is 10.3 Å². The SMILES string of the molecule is CCC(=O)NC(C)Cc1cc(C)c(C)c(C)c1.O. The van der Waals surface area contributed by atoms with Gasteiger partial charge >= 0.3 is 0 Å². The Morgan fingerprint density at radius 3 is 2.17 bits per heavy atom. The molecule has 0 radical (unpaired) electrons. The summed E-state index contributed by atoms with van der Waals surface area (Å²) in [4.78, 5) is 11.3. The van der Waals surface area contributed by atoms with Gasteiger partial charge in [-0.25, -0.2) is 0 Å². The van der Waals surface area contributed by atoms with Crippen molar-refractivity contribution >= 4 is 5.91 Å². The minimum absolute atomic E-state index is 0. The van der Waals surface area contributed by atoms with Crippen LogP contribution in [0.5, 0.6) is 0 Å². The highest BCUT2D eigenvalue weighted by atomic mass is 16.1. The van der Waals surface area contributed by atoms with E-state index >= 15 is 0 Å². The zero-order valence-electron chi connectivity index (χ0n) is 12.1. The fourth-order valence-electron chi connectivity index (χ4n) is 2.02. The Morgan fingerprint density at radius 2 is 1.72 bits per heavy atom. The first-order valence-corrected chi connectivity index (χ1v) is 6.30. The lowest BCUT2D eigenvalue weighted by Crippen LogP contribution is -2.33. The van der Waals surface area contributed by atoms with Crippen molar-refractivity contribution in [3.8, 4) is 0 Å². The van der Waals surface area contributed by atoms with Crippen LogP contribution < -0.4 is 5.32 Å². The number of aryl methyl sites for hydroxylation is 2. The van der Waals surface area contributed by atoms with Gasteiger partial charge in [-0.05, 0) is 56.4 Å². The van der Waals surface area contributed by atoms with Gasteiger partial charge in [-0.3, -0.25) is 4.79 Å². The van der Waals surface area contributed by atoms with Crippen molar-refractivity contribution in [2.24, 2.45) is 0 Å². The van der Waals surface area contributed by atoms with Crippen LogP contribution in [0.15, 0.2) is 12.1 Å². The van der Waals surface area contributed by atoms with Crippen LogP contribution in [0.3, 0.4) is 0 Å². The van der Waals surface area contributed by atoms with Gasteiger partial charge in [0.1, 0.15) is 0 Å². The summed E-state index contributed by atoms with van der Waals surface area (Å²) in [7, 11) is 0. The molecule has 1 rings (SSSR count). The maximum absolute atomic E-state index is 11.3. The zero-order valence-corrected chi connectivity index (χ0v) is 12.1. The number of carbonyl (C=O) groups is 1. The molecule has 18 heavy (non-hydrogen) atoms. The molecule has 1 amide bonds. The van der Waals surface area contributed by atoms with Crippen LogP contribution in [0, 0.1) is 20.8 Å². The molecule has 1 aromatic rings.